The van der Waals surface area contributed by atoms with E-state index in [9.17, 15) is 22.0 Å². The van der Waals surface area contributed by atoms with Crippen molar-refractivity contribution >= 4 is 32.2 Å². The van der Waals surface area contributed by atoms with Crippen molar-refractivity contribution in [1.29, 1.82) is 0 Å². The summed E-state index contributed by atoms with van der Waals surface area (Å²) in [6.45, 7) is 2.21. The van der Waals surface area contributed by atoms with E-state index in [2.05, 4.69) is 14.7 Å². The molecule has 41 heavy (non-hydrogen) atoms. The Bertz CT molecular complexity index is 1920. The van der Waals surface area contributed by atoms with E-state index in [4.69, 9.17) is 8.92 Å². The van der Waals surface area contributed by atoms with Crippen LogP contribution < -0.4 is 19.2 Å². The van der Waals surface area contributed by atoms with Gasteiger partial charge < -0.3 is 13.7 Å². The smallest absolute Gasteiger partial charge is 0.387 e. The largest absolute Gasteiger partial charge is 0.478 e. The number of pyridine rings is 2. The Hall–Kier alpha value is -4.52. The van der Waals surface area contributed by atoms with Gasteiger partial charge in [-0.1, -0.05) is 6.07 Å². The summed E-state index contributed by atoms with van der Waals surface area (Å²) < 4.78 is 68.1. The van der Waals surface area contributed by atoms with Gasteiger partial charge in [0.15, 0.2) is 5.65 Å². The first-order valence-corrected chi connectivity index (χ1v) is 14.1. The summed E-state index contributed by atoms with van der Waals surface area (Å²) in [5.74, 6) is 0.262. The first kappa shape index (κ1) is 28.0. The van der Waals surface area contributed by atoms with E-state index in [1.807, 2.05) is 6.92 Å². The number of rotatable bonds is 9. The van der Waals surface area contributed by atoms with Crippen molar-refractivity contribution in [2.75, 3.05) is 6.61 Å². The minimum absolute atomic E-state index is 0.0561. The fourth-order valence-corrected chi connectivity index (χ4v) is 4.78. The van der Waals surface area contributed by atoms with Crippen LogP contribution in [0, 0.1) is 0 Å². The Kier molecular flexibility index (Phi) is 7.39. The molecule has 0 saturated carbocycles. The first-order valence-electron chi connectivity index (χ1n) is 12.6. The monoisotopic (exact) mass is 584 g/mol. The van der Waals surface area contributed by atoms with Crippen molar-refractivity contribution < 1.29 is 30.9 Å². The van der Waals surface area contributed by atoms with Gasteiger partial charge >= 0.3 is 22.7 Å². The zero-order valence-corrected chi connectivity index (χ0v) is 23.4. The van der Waals surface area contributed by atoms with Crippen molar-refractivity contribution in [3.63, 3.8) is 0 Å². The molecule has 10 nitrogen and oxygen atoms in total. The molecule has 2 aromatic carbocycles. The predicted molar refractivity (Wildman–Crippen MR) is 150 cm³/mol. The SMILES string of the molecule is CCOc1ccc2cc(-c3ccc4nc(OS(=O)(=O)C(C)C)n(C)c4c3)c(=O)n(-c3ccc(OC(F)F)cc3)c2n1. The van der Waals surface area contributed by atoms with Crippen LogP contribution in [0.2, 0.25) is 0 Å². The number of halogens is 2. The number of imidazole rings is 1. The van der Waals surface area contributed by atoms with Gasteiger partial charge in [0, 0.05) is 24.1 Å². The molecule has 5 rings (SSSR count). The molecule has 0 unspecified atom stereocenters. The molecular weight excluding hydrogens is 558 g/mol. The summed E-state index contributed by atoms with van der Waals surface area (Å²) in [4.78, 5) is 22.8. The second-order valence-corrected chi connectivity index (χ2v) is 11.4. The minimum atomic E-state index is -3.87. The van der Waals surface area contributed by atoms with Crippen LogP contribution in [-0.4, -0.2) is 46.0 Å². The van der Waals surface area contributed by atoms with Gasteiger partial charge in [-0.25, -0.2) is 0 Å². The summed E-state index contributed by atoms with van der Waals surface area (Å²) in [6.07, 6.45) is 0. The van der Waals surface area contributed by atoms with E-state index in [0.29, 0.717) is 51.4 Å². The minimum Gasteiger partial charge on any atom is -0.478 e. The molecule has 5 aromatic rings. The van der Waals surface area contributed by atoms with Crippen LogP contribution in [0.1, 0.15) is 20.8 Å². The van der Waals surface area contributed by atoms with Gasteiger partial charge in [0.1, 0.15) is 5.75 Å². The number of hydrogen-bond donors (Lipinski definition) is 0. The van der Waals surface area contributed by atoms with E-state index in [0.717, 1.165) is 0 Å². The van der Waals surface area contributed by atoms with Crippen molar-refractivity contribution in [2.24, 2.45) is 7.05 Å². The van der Waals surface area contributed by atoms with E-state index < -0.39 is 27.5 Å². The second-order valence-electron chi connectivity index (χ2n) is 9.35. The molecule has 214 valence electrons. The van der Waals surface area contributed by atoms with Gasteiger partial charge in [-0.05, 0) is 74.9 Å². The molecule has 3 heterocycles. The van der Waals surface area contributed by atoms with Crippen LogP contribution >= 0.6 is 0 Å². The molecule has 0 fully saturated rings. The quantitative estimate of drug-likeness (QED) is 0.221. The number of aryl methyl sites for hydroxylation is 1. The van der Waals surface area contributed by atoms with Crippen molar-refractivity contribution in [2.45, 2.75) is 32.6 Å². The van der Waals surface area contributed by atoms with Crippen LogP contribution in [0.5, 0.6) is 17.6 Å². The Balaban J connectivity index is 1.68. The highest BCUT2D eigenvalue weighted by atomic mass is 32.2. The first-order chi connectivity index (χ1) is 19.5. The third-order valence-corrected chi connectivity index (χ3v) is 7.89. The van der Waals surface area contributed by atoms with E-state index in [1.165, 1.54) is 47.2 Å². The Labute approximate surface area is 233 Å². The second kappa shape index (κ2) is 10.8. The Morgan fingerprint density at radius 1 is 0.976 bits per heavy atom. The number of ether oxygens (including phenoxy) is 2. The van der Waals surface area contributed by atoms with Crippen molar-refractivity contribution in [3.05, 3.63) is 71.0 Å². The summed E-state index contributed by atoms with van der Waals surface area (Å²) in [7, 11) is -2.26. The topological polar surface area (TPSA) is 115 Å². The maximum absolute atomic E-state index is 14.0. The lowest BCUT2D eigenvalue weighted by Gasteiger charge is -2.14. The number of hydrogen-bond acceptors (Lipinski definition) is 8. The average molecular weight is 585 g/mol. The highest BCUT2D eigenvalue weighted by molar-refractivity contribution is 7.87. The van der Waals surface area contributed by atoms with Gasteiger partial charge in [0.25, 0.3) is 5.56 Å². The maximum atomic E-state index is 14.0. The lowest BCUT2D eigenvalue weighted by molar-refractivity contribution is -0.0498. The molecule has 0 aliphatic carbocycles. The van der Waals surface area contributed by atoms with Crippen LogP contribution in [0.15, 0.2) is 65.5 Å². The summed E-state index contributed by atoms with van der Waals surface area (Å²) >= 11 is 0. The fraction of sp³-hybridized carbons (Fsp3) is 0.250. The lowest BCUT2D eigenvalue weighted by Crippen LogP contribution is -2.21. The number of alkyl halides is 2. The number of benzene rings is 2. The summed E-state index contributed by atoms with van der Waals surface area (Å²) in [6, 6.07) is 15.8. The molecule has 0 amide bonds. The number of fused-ring (bicyclic) bond motifs is 2. The zero-order chi connectivity index (χ0) is 29.5. The van der Waals surface area contributed by atoms with Crippen molar-refractivity contribution in [1.82, 2.24) is 19.1 Å². The van der Waals surface area contributed by atoms with Crippen LogP contribution in [0.4, 0.5) is 8.78 Å². The Morgan fingerprint density at radius 3 is 2.37 bits per heavy atom. The zero-order valence-electron chi connectivity index (χ0n) is 22.5. The third kappa shape index (κ3) is 5.44. The van der Waals surface area contributed by atoms with Gasteiger partial charge in [-0.3, -0.25) is 13.9 Å². The molecule has 0 bridgehead atoms. The molecule has 3 aromatic heterocycles. The highest BCUT2D eigenvalue weighted by Gasteiger charge is 2.23. The molecule has 0 spiro atoms. The third-order valence-electron chi connectivity index (χ3n) is 6.36. The molecule has 0 N–H and O–H groups in total. The summed E-state index contributed by atoms with van der Waals surface area (Å²) in [5.41, 5.74) is 2.12. The number of aromatic nitrogens is 4. The highest BCUT2D eigenvalue weighted by Crippen LogP contribution is 2.29. The van der Waals surface area contributed by atoms with E-state index in [1.54, 1.807) is 43.4 Å². The van der Waals surface area contributed by atoms with Crippen LogP contribution in [0.3, 0.4) is 0 Å². The molecule has 13 heteroatoms. The molecular formula is C28H26F2N4O6S. The van der Waals surface area contributed by atoms with Gasteiger partial charge in [-0.15, -0.1) is 0 Å². The molecule has 0 radical (unpaired) electrons. The van der Waals surface area contributed by atoms with Gasteiger partial charge in [0.05, 0.1) is 28.6 Å². The maximum Gasteiger partial charge on any atom is 0.387 e. The summed E-state index contributed by atoms with van der Waals surface area (Å²) in [5, 5.41) is -0.144. The van der Waals surface area contributed by atoms with Gasteiger partial charge in [-0.2, -0.15) is 27.2 Å². The molecule has 0 atom stereocenters. The predicted octanol–water partition coefficient (Wildman–Crippen LogP) is 5.06. The standard InChI is InChI=1S/C28H26F2N4O6S/c1-5-38-24-13-7-18-14-21(26(35)34(25(18)32-24)19-8-10-20(11-9-19)39-27(29)30)17-6-12-22-23(15-17)33(4)28(31-22)40-41(36,37)16(2)3/h6-16,27H,5H2,1-4H3. The van der Waals surface area contributed by atoms with Crippen LogP contribution in [0.25, 0.3) is 38.9 Å². The van der Waals surface area contributed by atoms with E-state index >= 15 is 0 Å². The van der Waals surface area contributed by atoms with Gasteiger partial charge in [0.2, 0.25) is 5.88 Å². The lowest BCUT2D eigenvalue weighted by atomic mass is 10.0. The molecule has 0 saturated heterocycles. The average Bonchev–Trinajstić information content (AvgIpc) is 3.22. The van der Waals surface area contributed by atoms with Crippen molar-refractivity contribution in [3.8, 4) is 34.5 Å². The molecule has 0 aliphatic rings. The fourth-order valence-electron chi connectivity index (χ4n) is 4.23. The number of nitrogens with zero attached hydrogens (tertiary/aromatic N) is 4. The molecule has 0 aliphatic heterocycles. The van der Waals surface area contributed by atoms with Crippen LogP contribution in [-0.2, 0) is 17.2 Å². The normalized spacial score (nSPS) is 12.0. The van der Waals surface area contributed by atoms with E-state index in [-0.39, 0.29) is 11.8 Å². The Morgan fingerprint density at radius 2 is 1.71 bits per heavy atom.